The fraction of sp³-hybridized carbons (Fsp3) is 0.306. The maximum atomic E-state index is 14.3. The maximum Gasteiger partial charge on any atom is 0.242 e. The molecule has 11 heteroatoms. The predicted molar refractivity (Wildman–Crippen MR) is 187 cm³/mol. The van der Waals surface area contributed by atoms with Crippen LogP contribution >= 0.6 is 12.4 Å². The fourth-order valence-corrected chi connectivity index (χ4v) is 5.75. The van der Waals surface area contributed by atoms with Crippen LogP contribution in [0.1, 0.15) is 23.6 Å². The van der Waals surface area contributed by atoms with Crippen LogP contribution in [0.2, 0.25) is 1.41 Å². The molecule has 0 aliphatic carbocycles. The molecule has 1 saturated heterocycles. The summed E-state index contributed by atoms with van der Waals surface area (Å²) in [7, 11) is 0. The number of hydrogen-bond donors (Lipinski definition) is 6. The van der Waals surface area contributed by atoms with Gasteiger partial charge in [-0.25, -0.2) is 0 Å². The van der Waals surface area contributed by atoms with Gasteiger partial charge < -0.3 is 31.8 Å². The third-order valence-electron chi connectivity index (χ3n) is 8.34. The number of aromatic hydroxyl groups is 1. The van der Waals surface area contributed by atoms with Crippen molar-refractivity contribution in [1.29, 1.82) is 0 Å². The van der Waals surface area contributed by atoms with Crippen molar-refractivity contribution < 1.29 is 20.9 Å². The minimum absolute atomic E-state index is 0. The van der Waals surface area contributed by atoms with E-state index in [0.717, 1.165) is 34.1 Å². The number of Topliss-reactive ketones (excluding diaryl/α,β-unsaturated/α-hetero) is 1. The van der Waals surface area contributed by atoms with Crippen LogP contribution in [0.5, 0.6) is 5.75 Å². The number of nitrogens with zero attached hydrogens (tertiary/aromatic N) is 1. The Hall–Kier alpha value is -4.48. The normalized spacial score (nSPS) is 17.3. The van der Waals surface area contributed by atoms with Gasteiger partial charge in [-0.1, -0.05) is 72.8 Å². The number of fused-ring (bicyclic) bond motifs is 1. The molecular weight excluding hydrogens is 616 g/mol. The topological polar surface area (TPSA) is 153 Å². The number of piperazine rings is 1. The van der Waals surface area contributed by atoms with Gasteiger partial charge in [0.05, 0.1) is 18.1 Å². The van der Waals surface area contributed by atoms with E-state index in [1.54, 1.807) is 19.1 Å². The average molecular weight is 660 g/mol. The van der Waals surface area contributed by atoms with Crippen molar-refractivity contribution in [3.63, 3.8) is 0 Å². The van der Waals surface area contributed by atoms with Crippen LogP contribution in [-0.2, 0) is 27.2 Å². The summed E-state index contributed by atoms with van der Waals surface area (Å²) in [6.45, 7) is 4.03. The highest BCUT2D eigenvalue weighted by atomic mass is 35.5. The van der Waals surface area contributed by atoms with E-state index < -0.39 is 36.0 Å². The lowest BCUT2D eigenvalue weighted by atomic mass is 9.95. The number of amides is 2. The lowest BCUT2D eigenvalue weighted by molar-refractivity contribution is -0.133. The quantitative estimate of drug-likeness (QED) is 0.122. The van der Waals surface area contributed by atoms with Crippen LogP contribution in [0.3, 0.4) is 0 Å². The predicted octanol–water partition coefficient (Wildman–Crippen LogP) is 2.95. The Morgan fingerprint density at radius 3 is 2.53 bits per heavy atom. The van der Waals surface area contributed by atoms with E-state index in [9.17, 15) is 19.5 Å². The Bertz CT molecular complexity index is 1680. The Kier molecular flexibility index (Phi) is 12.2. The van der Waals surface area contributed by atoms with Crippen LogP contribution < -0.4 is 21.7 Å². The van der Waals surface area contributed by atoms with E-state index in [-0.39, 0.29) is 36.8 Å². The molecule has 0 bridgehead atoms. The summed E-state index contributed by atoms with van der Waals surface area (Å²) in [4.78, 5) is 46.3. The number of halogens is 1. The molecule has 10 nitrogen and oxygen atoms in total. The second-order valence-electron chi connectivity index (χ2n) is 11.7. The number of para-hydroxylation sites is 1. The molecule has 248 valence electrons. The zero-order valence-corrected chi connectivity index (χ0v) is 27.1. The van der Waals surface area contributed by atoms with Gasteiger partial charge in [-0.05, 0) is 48.2 Å². The number of carbonyl (C=O) groups is 3. The number of phenolic OH excluding ortho intramolecular Hbond substituents is 1. The van der Waals surface area contributed by atoms with Gasteiger partial charge >= 0.3 is 0 Å². The first-order chi connectivity index (χ1) is 22.8. The number of aromatic nitrogens is 1. The second kappa shape index (κ2) is 16.9. The Labute approximate surface area is 282 Å². The summed E-state index contributed by atoms with van der Waals surface area (Å²) in [6.07, 6.45) is 6.43. The molecule has 1 aliphatic heterocycles. The number of nitrogens with two attached hydrogens (primary N) is 1. The van der Waals surface area contributed by atoms with Crippen LogP contribution in [0.4, 0.5) is 0 Å². The Morgan fingerprint density at radius 1 is 1.02 bits per heavy atom. The molecule has 0 radical (unpaired) electrons. The lowest BCUT2D eigenvalue weighted by Gasteiger charge is -2.36. The van der Waals surface area contributed by atoms with E-state index in [1.165, 1.54) is 12.1 Å². The van der Waals surface area contributed by atoms with Crippen molar-refractivity contribution in [2.45, 2.75) is 43.9 Å². The molecule has 1 unspecified atom stereocenters. The number of H-pyrrole nitrogens is 1. The zero-order valence-electron chi connectivity index (χ0n) is 27.3. The summed E-state index contributed by atoms with van der Waals surface area (Å²) < 4.78 is 7.68. The third kappa shape index (κ3) is 9.52. The van der Waals surface area contributed by atoms with Gasteiger partial charge in [-0.3, -0.25) is 19.3 Å². The van der Waals surface area contributed by atoms with Crippen LogP contribution in [0.15, 0.2) is 91.1 Å². The number of aromatic amines is 1. The minimum atomic E-state index is -0.967. The molecule has 1 aliphatic rings. The molecule has 1 fully saturated rings. The largest absolute Gasteiger partial charge is 0.508 e. The smallest absolute Gasteiger partial charge is 0.242 e. The first-order valence-electron chi connectivity index (χ1n) is 16.1. The van der Waals surface area contributed by atoms with Crippen molar-refractivity contribution in [3.05, 3.63) is 108 Å². The van der Waals surface area contributed by atoms with E-state index in [0.29, 0.717) is 19.6 Å². The van der Waals surface area contributed by atoms with Crippen molar-refractivity contribution >= 4 is 47.0 Å². The minimum Gasteiger partial charge on any atom is -0.508 e. The van der Waals surface area contributed by atoms with Crippen molar-refractivity contribution in [2.75, 3.05) is 26.2 Å². The monoisotopic (exact) mass is 659 g/mol. The van der Waals surface area contributed by atoms with Gasteiger partial charge in [-0.2, -0.15) is 0 Å². The van der Waals surface area contributed by atoms with Crippen LogP contribution in [0.25, 0.3) is 17.0 Å². The highest BCUT2D eigenvalue weighted by molar-refractivity contribution is 5.96. The van der Waals surface area contributed by atoms with Crippen LogP contribution in [-0.4, -0.2) is 82.9 Å². The van der Waals surface area contributed by atoms with Gasteiger partial charge in [0.2, 0.25) is 11.8 Å². The van der Waals surface area contributed by atoms with Crippen molar-refractivity contribution in [2.24, 2.45) is 5.73 Å². The summed E-state index contributed by atoms with van der Waals surface area (Å²) in [5.41, 5.74) is 5.93. The number of hydrogen-bond acceptors (Lipinski definition) is 7. The number of ketones is 1. The van der Waals surface area contributed by atoms with Gasteiger partial charge in [0.25, 0.3) is 0 Å². The van der Waals surface area contributed by atoms with Crippen molar-refractivity contribution in [1.82, 2.24) is 25.8 Å². The van der Waals surface area contributed by atoms with Gasteiger partial charge in [-0.15, -0.1) is 12.4 Å². The van der Waals surface area contributed by atoms with E-state index in [2.05, 4.69) is 37.6 Å². The van der Waals surface area contributed by atoms with Gasteiger partial charge in [0.1, 0.15) is 13.2 Å². The number of phenols is 1. The van der Waals surface area contributed by atoms with E-state index >= 15 is 0 Å². The third-order valence-corrected chi connectivity index (χ3v) is 8.34. The molecule has 5 rings (SSSR count). The number of carbonyl (C=O) groups excluding carboxylic acids is 3. The molecule has 4 aromatic rings. The fourth-order valence-electron chi connectivity index (χ4n) is 5.75. The molecule has 2 heterocycles. The van der Waals surface area contributed by atoms with Gasteiger partial charge in [0, 0.05) is 49.7 Å². The Morgan fingerprint density at radius 2 is 1.77 bits per heavy atom. The second-order valence-corrected chi connectivity index (χ2v) is 11.7. The first-order valence-corrected chi connectivity index (χ1v) is 15.6. The molecule has 47 heavy (non-hydrogen) atoms. The molecule has 0 saturated carbocycles. The first kappa shape index (κ1) is 33.9. The highest BCUT2D eigenvalue weighted by Gasteiger charge is 2.35. The summed E-state index contributed by atoms with van der Waals surface area (Å²) in [6, 6.07) is 21.0. The van der Waals surface area contributed by atoms with Crippen molar-refractivity contribution in [3.8, 4) is 5.75 Å². The summed E-state index contributed by atoms with van der Waals surface area (Å²) >= 11 is 0. The molecule has 2 amide bonds. The average Bonchev–Trinajstić information content (AvgIpc) is 3.50. The van der Waals surface area contributed by atoms with Crippen LogP contribution in [0, 0.1) is 0 Å². The summed E-state index contributed by atoms with van der Waals surface area (Å²) in [5.74, 6) is -1.03. The zero-order chi connectivity index (χ0) is 33.2. The number of nitrogens with one attached hydrogen (secondary N) is 4. The number of benzene rings is 3. The lowest BCUT2D eigenvalue weighted by Crippen LogP contribution is -2.61. The standard InChI is InChI=1S/C36H42N6O4.ClH/c1-24(40-36(46)30(37)20-26-13-15-28(43)16-14-26)35(45)41-32(21-27-22-39-31-12-6-5-11-29(27)31)34(44)33-23-38-17-19-42(33)18-7-10-25-8-3-2-4-9-25;/h2-16,22,24,30,32-33,38-39,43H,17-21,23,37H2,1H3,(H,40,46)(H,41,45);1H/t24-,30-,32-,33?;/m0./s1/i/hD. The van der Waals surface area contributed by atoms with E-state index in [4.69, 9.17) is 1.41 Å². The Balaban J connectivity index is 0.00000520. The molecule has 0 spiro atoms. The number of rotatable bonds is 14. The maximum absolute atomic E-state index is 14.3. The molecule has 7 N–H and O–H groups in total. The molecular formula is C36H43ClN6O4. The summed E-state index contributed by atoms with van der Waals surface area (Å²) in [5, 5.41) is 19.5. The highest BCUT2D eigenvalue weighted by Crippen LogP contribution is 2.21. The molecule has 4 atom stereocenters. The van der Waals surface area contributed by atoms with Gasteiger partial charge in [0.15, 0.2) is 5.78 Å². The molecule has 3 aromatic carbocycles. The SMILES string of the molecule is Cl.[2H]N[C@@H](Cc1ccc(O)cc1)C(=O)N[C@@H](C)C(=O)N[C@@H](Cc1c[nH]c2ccccc12)C(=O)C1CNCCN1CC=Cc1ccccc1. The molecule has 1 aromatic heterocycles. The van der Waals surface area contributed by atoms with E-state index in [1.807, 2.05) is 66.9 Å².